The Kier molecular flexibility index (Phi) is 3.78. The van der Waals surface area contributed by atoms with Gasteiger partial charge in [-0.1, -0.05) is 0 Å². The number of nitro groups is 1. The lowest BCUT2D eigenvalue weighted by Gasteiger charge is -1.99. The molecule has 0 saturated heterocycles. The monoisotopic (exact) mass is 376 g/mol. The summed E-state index contributed by atoms with van der Waals surface area (Å²) in [6.07, 6.45) is 8.44. The number of hydrogen-bond acceptors (Lipinski definition) is 5. The van der Waals surface area contributed by atoms with Gasteiger partial charge < -0.3 is 5.73 Å². The van der Waals surface area contributed by atoms with Gasteiger partial charge in [-0.15, -0.1) is 0 Å². The van der Waals surface area contributed by atoms with Crippen molar-refractivity contribution in [2.75, 3.05) is 5.73 Å². The molecule has 8 heteroatoms. The Morgan fingerprint density at radius 2 is 1.43 bits per heavy atom. The molecule has 8 nitrogen and oxygen atoms in total. The number of hydrogen-bond donors (Lipinski definition) is 1. The average Bonchev–Trinajstić information content (AvgIpc) is 3.62. The number of non-ortho nitro benzene ring substituents is 1. The Morgan fingerprint density at radius 3 is 1.96 bits per heavy atom. The van der Waals surface area contributed by atoms with Crippen molar-refractivity contribution >= 4 is 33.2 Å². The normalized spacial score (nSPS) is 16.1. The zero-order valence-electron chi connectivity index (χ0n) is 15.2. The highest BCUT2D eigenvalue weighted by Gasteiger charge is 2.26. The quantitative estimate of drug-likeness (QED) is 0.327. The van der Waals surface area contributed by atoms with Gasteiger partial charge in [0.1, 0.15) is 0 Å². The Morgan fingerprint density at radius 1 is 0.893 bits per heavy atom. The lowest BCUT2D eigenvalue weighted by atomic mass is 10.2. The van der Waals surface area contributed by atoms with E-state index < -0.39 is 0 Å². The topological polar surface area (TPSA) is 105 Å². The molecule has 2 aliphatic carbocycles. The van der Waals surface area contributed by atoms with Crippen LogP contribution < -0.4 is 5.73 Å². The maximum Gasteiger partial charge on any atom is 0.270 e. The molecule has 2 N–H and O–H groups in total. The van der Waals surface area contributed by atoms with Crippen molar-refractivity contribution in [3.8, 4) is 0 Å². The molecule has 4 aromatic rings. The second kappa shape index (κ2) is 6.33. The highest BCUT2D eigenvalue weighted by atomic mass is 16.6. The van der Waals surface area contributed by atoms with Crippen molar-refractivity contribution in [3.63, 3.8) is 0 Å². The van der Waals surface area contributed by atoms with Crippen LogP contribution in [0.15, 0.2) is 48.8 Å². The highest BCUT2D eigenvalue weighted by Crippen LogP contribution is 2.37. The van der Waals surface area contributed by atoms with Gasteiger partial charge in [-0.3, -0.25) is 19.5 Å². The van der Waals surface area contributed by atoms with Gasteiger partial charge in [-0.05, 0) is 49.9 Å². The van der Waals surface area contributed by atoms with Gasteiger partial charge in [0.05, 0.1) is 40.4 Å². The number of nitrogens with two attached hydrogens (primary N) is 1. The van der Waals surface area contributed by atoms with E-state index in [1.807, 2.05) is 23.0 Å². The van der Waals surface area contributed by atoms with Crippen molar-refractivity contribution in [3.05, 3.63) is 58.9 Å². The summed E-state index contributed by atoms with van der Waals surface area (Å²) >= 11 is 0. The van der Waals surface area contributed by atoms with Gasteiger partial charge in [-0.25, -0.2) is 0 Å². The van der Waals surface area contributed by atoms with Crippen LogP contribution in [-0.4, -0.2) is 24.5 Å². The minimum absolute atomic E-state index is 0.123. The number of fused-ring (bicyclic) bond motifs is 2. The van der Waals surface area contributed by atoms with E-state index in [1.54, 1.807) is 18.3 Å². The lowest BCUT2D eigenvalue weighted by Crippen LogP contribution is -1.95. The zero-order valence-corrected chi connectivity index (χ0v) is 15.2. The minimum atomic E-state index is -0.381. The highest BCUT2D eigenvalue weighted by molar-refractivity contribution is 5.82. The van der Waals surface area contributed by atoms with Gasteiger partial charge in [0, 0.05) is 28.6 Å². The van der Waals surface area contributed by atoms with E-state index in [0.717, 1.165) is 34.8 Å². The Bertz CT molecular complexity index is 1190. The zero-order chi connectivity index (χ0) is 19.3. The van der Waals surface area contributed by atoms with Crippen LogP contribution in [0.25, 0.3) is 21.8 Å². The molecule has 2 aliphatic rings. The molecule has 2 heterocycles. The number of anilines is 1. The Balaban J connectivity index is 0.000000123. The molecular formula is C20H20N6O2. The van der Waals surface area contributed by atoms with Crippen LogP contribution in [-0.2, 0) is 0 Å². The van der Waals surface area contributed by atoms with Gasteiger partial charge in [0.2, 0.25) is 0 Å². The molecule has 0 atom stereocenters. The molecule has 2 fully saturated rings. The molecule has 0 unspecified atom stereocenters. The number of nitro benzene ring substituents is 1. The summed E-state index contributed by atoms with van der Waals surface area (Å²) in [7, 11) is 0. The lowest BCUT2D eigenvalue weighted by molar-refractivity contribution is -0.384. The summed E-state index contributed by atoms with van der Waals surface area (Å²) in [4.78, 5) is 10.2. The van der Waals surface area contributed by atoms with Gasteiger partial charge in [-0.2, -0.15) is 10.2 Å². The first kappa shape index (κ1) is 16.7. The molecule has 0 bridgehead atoms. The van der Waals surface area contributed by atoms with E-state index in [4.69, 9.17) is 5.73 Å². The molecule has 6 rings (SSSR count). The van der Waals surface area contributed by atoms with Crippen LogP contribution >= 0.6 is 0 Å². The van der Waals surface area contributed by atoms with Crippen molar-refractivity contribution in [1.82, 2.24) is 19.6 Å². The molecule has 2 saturated carbocycles. The largest absolute Gasteiger partial charge is 0.399 e. The standard InChI is InChI=1S/C10H9N3O2.C10H11N3/c14-13(15)9-3-4-10-7(5-9)6-11-12(10)8-1-2-8;11-8-1-4-10-7(5-8)6-12-13(10)9-2-3-9/h3-6,8H,1-2H2;1,4-6,9H,2-3,11H2. The third-order valence-electron chi connectivity index (χ3n) is 5.20. The van der Waals surface area contributed by atoms with Gasteiger partial charge in [0.25, 0.3) is 5.69 Å². The molecular weight excluding hydrogens is 356 g/mol. The average molecular weight is 376 g/mol. The minimum Gasteiger partial charge on any atom is -0.399 e. The maximum absolute atomic E-state index is 10.6. The number of benzene rings is 2. The van der Waals surface area contributed by atoms with E-state index in [-0.39, 0.29) is 10.6 Å². The number of nitrogens with zero attached hydrogens (tertiary/aromatic N) is 5. The van der Waals surface area contributed by atoms with E-state index in [9.17, 15) is 10.1 Å². The summed E-state index contributed by atoms with van der Waals surface area (Å²) < 4.78 is 4.06. The predicted molar refractivity (Wildman–Crippen MR) is 107 cm³/mol. The molecule has 0 radical (unpaired) electrons. The first-order chi connectivity index (χ1) is 13.6. The molecule has 28 heavy (non-hydrogen) atoms. The van der Waals surface area contributed by atoms with Gasteiger partial charge >= 0.3 is 0 Å². The van der Waals surface area contributed by atoms with Gasteiger partial charge in [0.15, 0.2) is 0 Å². The number of aromatic nitrogens is 4. The van der Waals surface area contributed by atoms with Crippen molar-refractivity contribution in [2.24, 2.45) is 0 Å². The smallest absolute Gasteiger partial charge is 0.270 e. The molecule has 2 aromatic carbocycles. The first-order valence-electron chi connectivity index (χ1n) is 9.44. The maximum atomic E-state index is 10.6. The van der Waals surface area contributed by atoms with Crippen molar-refractivity contribution < 1.29 is 4.92 Å². The van der Waals surface area contributed by atoms with Crippen LogP contribution in [0.2, 0.25) is 0 Å². The third kappa shape index (κ3) is 3.06. The van der Waals surface area contributed by atoms with Crippen LogP contribution in [0.3, 0.4) is 0 Å². The summed E-state index contributed by atoms with van der Waals surface area (Å²) in [6.45, 7) is 0. The predicted octanol–water partition coefficient (Wildman–Crippen LogP) is 4.23. The third-order valence-corrected chi connectivity index (χ3v) is 5.20. The van der Waals surface area contributed by atoms with Crippen LogP contribution in [0.1, 0.15) is 37.8 Å². The van der Waals surface area contributed by atoms with Crippen LogP contribution in [0.5, 0.6) is 0 Å². The van der Waals surface area contributed by atoms with Crippen LogP contribution in [0, 0.1) is 10.1 Å². The van der Waals surface area contributed by atoms with E-state index in [2.05, 4.69) is 20.9 Å². The van der Waals surface area contributed by atoms with Crippen molar-refractivity contribution in [1.29, 1.82) is 0 Å². The fraction of sp³-hybridized carbons (Fsp3) is 0.300. The van der Waals surface area contributed by atoms with Crippen molar-refractivity contribution in [2.45, 2.75) is 37.8 Å². The Hall–Kier alpha value is -3.42. The summed E-state index contributed by atoms with van der Waals surface area (Å²) in [5.74, 6) is 0. The molecule has 142 valence electrons. The summed E-state index contributed by atoms with van der Waals surface area (Å²) in [5, 5.41) is 21.2. The van der Waals surface area contributed by atoms with E-state index in [1.165, 1.54) is 24.4 Å². The summed E-state index contributed by atoms with van der Waals surface area (Å²) in [5.41, 5.74) is 8.81. The summed E-state index contributed by atoms with van der Waals surface area (Å²) in [6, 6.07) is 12.0. The second-order valence-electron chi connectivity index (χ2n) is 7.46. The fourth-order valence-electron chi connectivity index (χ4n) is 3.45. The number of nitrogen functional groups attached to an aromatic ring is 1. The SMILES string of the molecule is Nc1ccc2c(cnn2C2CC2)c1.O=[N+]([O-])c1ccc2c(cnn2C2CC2)c1. The van der Waals surface area contributed by atoms with Crippen LogP contribution in [0.4, 0.5) is 11.4 Å². The molecule has 0 spiro atoms. The first-order valence-corrected chi connectivity index (χ1v) is 9.44. The molecule has 2 aromatic heterocycles. The second-order valence-corrected chi connectivity index (χ2v) is 7.46. The number of rotatable bonds is 3. The molecule has 0 amide bonds. The Labute approximate surface area is 160 Å². The fourth-order valence-corrected chi connectivity index (χ4v) is 3.45. The van der Waals surface area contributed by atoms with E-state index >= 15 is 0 Å². The van der Waals surface area contributed by atoms with E-state index in [0.29, 0.717) is 12.1 Å². The molecule has 0 aliphatic heterocycles.